The highest BCUT2D eigenvalue weighted by atomic mass is 32.2. The van der Waals surface area contributed by atoms with Gasteiger partial charge in [-0.25, -0.2) is 8.42 Å². The van der Waals surface area contributed by atoms with Crippen LogP contribution in [0, 0.1) is 0 Å². The lowest BCUT2D eigenvalue weighted by atomic mass is 9.99. The molecule has 6 rings (SSSR count). The van der Waals surface area contributed by atoms with Crippen molar-refractivity contribution in [2.24, 2.45) is 0 Å². The van der Waals surface area contributed by atoms with E-state index in [-0.39, 0.29) is 16.7 Å². The van der Waals surface area contributed by atoms with Crippen LogP contribution >= 0.6 is 0 Å². The van der Waals surface area contributed by atoms with Crippen molar-refractivity contribution >= 4 is 55.9 Å². The Morgan fingerprint density at radius 2 is 1.49 bits per heavy atom. The van der Waals surface area contributed by atoms with Crippen molar-refractivity contribution in [2.75, 3.05) is 46.9 Å². The summed E-state index contributed by atoms with van der Waals surface area (Å²) in [4.78, 5) is 30.4. The molecule has 0 spiro atoms. The smallest absolute Gasteiger partial charge is 0.261 e. The fourth-order valence-corrected chi connectivity index (χ4v) is 6.72. The number of carbonyl (C=O) groups excluding carboxylic acids is 2. The van der Waals surface area contributed by atoms with Crippen LogP contribution in [-0.4, -0.2) is 51.8 Å². The summed E-state index contributed by atoms with van der Waals surface area (Å²) >= 11 is 0. The average Bonchev–Trinajstić information content (AvgIpc) is 3.39. The third kappa shape index (κ3) is 6.77. The van der Waals surface area contributed by atoms with Crippen LogP contribution in [0.1, 0.15) is 30.4 Å². The van der Waals surface area contributed by atoms with Gasteiger partial charge < -0.3 is 15.5 Å². The molecule has 0 unspecified atom stereocenters. The van der Waals surface area contributed by atoms with Crippen LogP contribution in [-0.2, 0) is 19.6 Å². The molecule has 9 nitrogen and oxygen atoms in total. The summed E-state index contributed by atoms with van der Waals surface area (Å²) in [5.41, 5.74) is 4.72. The van der Waals surface area contributed by atoms with Crippen LogP contribution in [0.5, 0.6) is 0 Å². The van der Waals surface area contributed by atoms with E-state index >= 15 is 0 Å². The molecule has 2 aliphatic heterocycles. The third-order valence-corrected chi connectivity index (χ3v) is 9.49. The number of rotatable bonds is 9. The zero-order valence-corrected chi connectivity index (χ0v) is 25.8. The fourth-order valence-electron chi connectivity index (χ4n) is 5.65. The van der Waals surface area contributed by atoms with Gasteiger partial charge in [-0.15, -0.1) is 0 Å². The Bertz CT molecular complexity index is 1840. The Balaban J connectivity index is 1.29. The van der Waals surface area contributed by atoms with E-state index in [0.29, 0.717) is 34.8 Å². The van der Waals surface area contributed by atoms with E-state index in [1.54, 1.807) is 48.3 Å². The number of amides is 2. The fraction of sp³-hybridized carbons (Fsp3) is 0.200. The Labute approximate surface area is 263 Å². The van der Waals surface area contributed by atoms with Crippen molar-refractivity contribution in [2.45, 2.75) is 24.2 Å². The van der Waals surface area contributed by atoms with Gasteiger partial charge in [0.1, 0.15) is 0 Å². The highest BCUT2D eigenvalue weighted by Crippen LogP contribution is 2.39. The molecular weight excluding hydrogens is 586 g/mol. The zero-order chi connectivity index (χ0) is 31.4. The Morgan fingerprint density at radius 1 is 0.844 bits per heavy atom. The maximum Gasteiger partial charge on any atom is 0.261 e. The molecule has 230 valence electrons. The second-order valence-electron chi connectivity index (χ2n) is 11.2. The van der Waals surface area contributed by atoms with Gasteiger partial charge in [0.2, 0.25) is 5.91 Å². The Morgan fingerprint density at radius 3 is 2.18 bits per heavy atom. The molecule has 0 aromatic heterocycles. The number of likely N-dealkylation sites (tertiary alicyclic amines) is 1. The summed E-state index contributed by atoms with van der Waals surface area (Å²) in [6, 6.07) is 30.1. The van der Waals surface area contributed by atoms with Gasteiger partial charge in [-0.2, -0.15) is 0 Å². The van der Waals surface area contributed by atoms with Crippen molar-refractivity contribution in [1.29, 1.82) is 0 Å². The minimum Gasteiger partial charge on any atom is -0.354 e. The van der Waals surface area contributed by atoms with Crippen LogP contribution < -0.4 is 20.3 Å². The van der Waals surface area contributed by atoms with E-state index in [9.17, 15) is 18.0 Å². The normalized spacial score (nSPS) is 16.0. The van der Waals surface area contributed by atoms with E-state index in [1.165, 1.54) is 18.6 Å². The number of sulfonamides is 1. The van der Waals surface area contributed by atoms with Gasteiger partial charge in [0.25, 0.3) is 15.9 Å². The standard InChI is InChI=1S/C35H35N5O4S/c1-39(32(41)24-40-21-9-4-10-22-40)28-18-15-26(16-19-28)36-34(25-11-5-2-6-12-25)33-30-23-27(17-20-31(30)37-35(33)42)38-45(43,44)29-13-7-3-8-14-29/h2-3,5-8,11-20,23,36,38H,4,9-10,21-22,24H2,1H3,(H,37,42)/b34-33-. The highest BCUT2D eigenvalue weighted by molar-refractivity contribution is 7.92. The van der Waals surface area contributed by atoms with Crippen molar-refractivity contribution in [3.63, 3.8) is 0 Å². The molecule has 3 N–H and O–H groups in total. The summed E-state index contributed by atoms with van der Waals surface area (Å²) in [6.07, 6.45) is 3.48. The van der Waals surface area contributed by atoms with Gasteiger partial charge >= 0.3 is 0 Å². The average molecular weight is 622 g/mol. The predicted octanol–water partition coefficient (Wildman–Crippen LogP) is 5.87. The van der Waals surface area contributed by atoms with E-state index in [4.69, 9.17) is 0 Å². The summed E-state index contributed by atoms with van der Waals surface area (Å²) < 4.78 is 28.7. The number of carbonyl (C=O) groups is 2. The van der Waals surface area contributed by atoms with Crippen molar-refractivity contribution < 1.29 is 18.0 Å². The van der Waals surface area contributed by atoms with Crippen molar-refractivity contribution in [3.05, 3.63) is 114 Å². The van der Waals surface area contributed by atoms with Gasteiger partial charge in [0, 0.05) is 35.4 Å². The molecule has 4 aromatic carbocycles. The van der Waals surface area contributed by atoms with Crippen LogP contribution in [0.4, 0.5) is 22.7 Å². The van der Waals surface area contributed by atoms with E-state index in [2.05, 4.69) is 20.3 Å². The monoisotopic (exact) mass is 621 g/mol. The number of benzene rings is 4. The van der Waals surface area contributed by atoms with Crippen LogP contribution in [0.25, 0.3) is 11.3 Å². The summed E-state index contributed by atoms with van der Waals surface area (Å²) in [5.74, 6) is -0.262. The molecule has 0 radical (unpaired) electrons. The molecule has 1 saturated heterocycles. The number of fused-ring (bicyclic) bond motifs is 1. The highest BCUT2D eigenvalue weighted by Gasteiger charge is 2.29. The Hall–Kier alpha value is -4.93. The molecule has 0 bridgehead atoms. The molecule has 2 heterocycles. The molecule has 45 heavy (non-hydrogen) atoms. The van der Waals surface area contributed by atoms with Crippen LogP contribution in [0.15, 0.2) is 108 Å². The Kier molecular flexibility index (Phi) is 8.68. The number of anilines is 4. The number of likely N-dealkylation sites (N-methyl/N-ethyl adjacent to an activating group) is 1. The number of nitrogens with one attached hydrogen (secondary N) is 3. The SMILES string of the molecule is CN(C(=O)CN1CCCCC1)c1ccc(N/C(=C2\C(=O)Nc3ccc(NS(=O)(=O)c4ccccc4)cc32)c2ccccc2)cc1. The lowest BCUT2D eigenvalue weighted by Gasteiger charge is -2.28. The van der Waals surface area contributed by atoms with Crippen LogP contribution in [0.3, 0.4) is 0 Å². The maximum absolute atomic E-state index is 13.4. The molecule has 2 amide bonds. The summed E-state index contributed by atoms with van der Waals surface area (Å²) in [5, 5.41) is 6.34. The predicted molar refractivity (Wildman–Crippen MR) is 179 cm³/mol. The molecular formula is C35H35N5O4S. The molecule has 0 saturated carbocycles. The summed E-state index contributed by atoms with van der Waals surface area (Å²) in [7, 11) is -2.04. The molecule has 1 fully saturated rings. The van der Waals surface area contributed by atoms with Crippen molar-refractivity contribution in [3.8, 4) is 0 Å². The largest absolute Gasteiger partial charge is 0.354 e. The van der Waals surface area contributed by atoms with Crippen LogP contribution in [0.2, 0.25) is 0 Å². The van der Waals surface area contributed by atoms with Gasteiger partial charge in [-0.3, -0.25) is 19.2 Å². The number of piperidine rings is 1. The first-order valence-electron chi connectivity index (χ1n) is 15.0. The van der Waals surface area contributed by atoms with Gasteiger partial charge in [-0.1, -0.05) is 55.0 Å². The molecule has 2 aliphatic rings. The zero-order valence-electron chi connectivity index (χ0n) is 25.0. The van der Waals surface area contributed by atoms with E-state index in [0.717, 1.165) is 42.9 Å². The first-order chi connectivity index (χ1) is 21.8. The lowest BCUT2D eigenvalue weighted by Crippen LogP contribution is -2.40. The van der Waals surface area contributed by atoms with Gasteiger partial charge in [0.15, 0.2) is 0 Å². The minimum absolute atomic E-state index is 0.0441. The number of nitrogens with zero attached hydrogens (tertiary/aromatic N) is 2. The third-order valence-electron chi connectivity index (χ3n) is 8.09. The molecule has 4 aromatic rings. The first kappa shape index (κ1) is 30.1. The quantitative estimate of drug-likeness (QED) is 0.202. The number of hydrogen-bond donors (Lipinski definition) is 3. The number of hydrogen-bond acceptors (Lipinski definition) is 6. The van der Waals surface area contributed by atoms with E-state index < -0.39 is 10.0 Å². The van der Waals surface area contributed by atoms with Gasteiger partial charge in [-0.05, 0) is 86.1 Å². The first-order valence-corrected chi connectivity index (χ1v) is 16.5. The lowest BCUT2D eigenvalue weighted by molar-refractivity contribution is -0.119. The minimum atomic E-state index is -3.83. The molecule has 0 atom stereocenters. The second-order valence-corrected chi connectivity index (χ2v) is 12.9. The maximum atomic E-state index is 13.4. The van der Waals surface area contributed by atoms with E-state index in [1.807, 2.05) is 54.6 Å². The summed E-state index contributed by atoms with van der Waals surface area (Å²) in [6.45, 7) is 2.31. The topological polar surface area (TPSA) is 111 Å². The van der Waals surface area contributed by atoms with Gasteiger partial charge in [0.05, 0.1) is 22.7 Å². The van der Waals surface area contributed by atoms with Crippen molar-refractivity contribution in [1.82, 2.24) is 4.90 Å². The molecule has 10 heteroatoms. The molecule has 0 aliphatic carbocycles. The second kappa shape index (κ2) is 13.0.